The lowest BCUT2D eigenvalue weighted by Gasteiger charge is -2.26. The number of phenols is 4. The number of ether oxygens (including phenoxy) is 1. The normalized spacial score (nSPS) is 16.3. The zero-order valence-corrected chi connectivity index (χ0v) is 14.3. The van der Waals surface area contributed by atoms with Crippen LogP contribution in [0, 0.1) is 0 Å². The number of fused-ring (bicyclic) bond motifs is 5. The fourth-order valence-corrected chi connectivity index (χ4v) is 3.60. The molecule has 140 valence electrons. The molecule has 0 fully saturated rings. The van der Waals surface area contributed by atoms with Crippen molar-refractivity contribution >= 4 is 27.7 Å². The van der Waals surface area contributed by atoms with Crippen LogP contribution in [0.15, 0.2) is 46.9 Å². The summed E-state index contributed by atoms with van der Waals surface area (Å²) in [4.78, 5) is 12.7. The van der Waals surface area contributed by atoms with Crippen LogP contribution in [0.4, 0.5) is 0 Å². The average molecular weight is 378 g/mol. The maximum absolute atomic E-state index is 12.7. The highest BCUT2D eigenvalue weighted by Gasteiger charge is 2.34. The van der Waals surface area contributed by atoms with Crippen LogP contribution >= 0.6 is 0 Å². The largest absolute Gasteiger partial charge is 0.508 e. The van der Waals surface area contributed by atoms with Crippen LogP contribution in [-0.4, -0.2) is 26.2 Å². The number of benzene rings is 3. The van der Waals surface area contributed by atoms with Gasteiger partial charge in [-0.2, -0.15) is 0 Å². The standard InChI is InChI=1S/C21H14O7/c22-10-3-1-9(2-4-10)17-8-16(26)19-15(25)6-12-11-5-13(23)14(24)7-18(11)28-20(12)21(19)27-17/h1-7,17,22-25H,8H2/t17-/m0/s1. The van der Waals surface area contributed by atoms with Crippen LogP contribution in [-0.2, 0) is 0 Å². The first-order valence-electron chi connectivity index (χ1n) is 8.55. The first kappa shape index (κ1) is 16.3. The summed E-state index contributed by atoms with van der Waals surface area (Å²) >= 11 is 0. The smallest absolute Gasteiger partial charge is 0.178 e. The Hall–Kier alpha value is -3.87. The van der Waals surface area contributed by atoms with Crippen LogP contribution in [0.2, 0.25) is 0 Å². The van der Waals surface area contributed by atoms with Crippen molar-refractivity contribution in [3.05, 3.63) is 53.6 Å². The van der Waals surface area contributed by atoms with E-state index in [0.29, 0.717) is 16.3 Å². The van der Waals surface area contributed by atoms with Gasteiger partial charge in [0.05, 0.1) is 6.42 Å². The van der Waals surface area contributed by atoms with Gasteiger partial charge in [0.25, 0.3) is 0 Å². The van der Waals surface area contributed by atoms with Gasteiger partial charge in [-0.05, 0) is 29.8 Å². The Bertz CT molecular complexity index is 1270. The molecule has 0 spiro atoms. The minimum Gasteiger partial charge on any atom is -0.508 e. The van der Waals surface area contributed by atoms with Gasteiger partial charge in [0, 0.05) is 16.8 Å². The molecule has 7 heteroatoms. The van der Waals surface area contributed by atoms with Crippen molar-refractivity contribution in [2.45, 2.75) is 12.5 Å². The molecule has 0 amide bonds. The van der Waals surface area contributed by atoms with Crippen molar-refractivity contribution in [1.29, 1.82) is 0 Å². The molecular formula is C21H14O7. The molecule has 1 aliphatic heterocycles. The maximum Gasteiger partial charge on any atom is 0.178 e. The van der Waals surface area contributed by atoms with Crippen molar-refractivity contribution < 1.29 is 34.4 Å². The van der Waals surface area contributed by atoms with E-state index in [1.807, 2.05) is 0 Å². The zero-order valence-electron chi connectivity index (χ0n) is 14.3. The minimum atomic E-state index is -0.611. The summed E-state index contributed by atoms with van der Waals surface area (Å²) in [5.74, 6) is -1.01. The SMILES string of the molecule is O=C1C[C@@H](c2ccc(O)cc2)Oc2c1c(O)cc1c2oc2cc(O)c(O)cc21. The molecule has 7 nitrogen and oxygen atoms in total. The lowest BCUT2D eigenvalue weighted by atomic mass is 9.94. The topological polar surface area (TPSA) is 120 Å². The number of hydrogen-bond donors (Lipinski definition) is 4. The van der Waals surface area contributed by atoms with E-state index < -0.39 is 6.10 Å². The predicted molar refractivity (Wildman–Crippen MR) is 99.1 cm³/mol. The zero-order chi connectivity index (χ0) is 19.6. The Morgan fingerprint density at radius 3 is 2.29 bits per heavy atom. The van der Waals surface area contributed by atoms with E-state index in [4.69, 9.17) is 9.15 Å². The number of ketones is 1. The van der Waals surface area contributed by atoms with Gasteiger partial charge in [0.1, 0.15) is 28.7 Å². The molecule has 1 atom stereocenters. The fraction of sp³-hybridized carbons (Fsp3) is 0.0952. The van der Waals surface area contributed by atoms with E-state index in [2.05, 4.69) is 0 Å². The van der Waals surface area contributed by atoms with Gasteiger partial charge in [-0.1, -0.05) is 12.1 Å². The molecule has 0 bridgehead atoms. The lowest BCUT2D eigenvalue weighted by molar-refractivity contribution is 0.0846. The Labute approximate surface area is 157 Å². The van der Waals surface area contributed by atoms with Gasteiger partial charge in [0.15, 0.2) is 28.6 Å². The number of carbonyl (C=O) groups excluding carboxylic acids is 1. The number of aromatic hydroxyl groups is 4. The van der Waals surface area contributed by atoms with E-state index in [0.717, 1.165) is 0 Å². The Morgan fingerprint density at radius 1 is 0.857 bits per heavy atom. The second kappa shape index (κ2) is 5.56. The van der Waals surface area contributed by atoms with Crippen LogP contribution in [0.5, 0.6) is 28.7 Å². The summed E-state index contributed by atoms with van der Waals surface area (Å²) in [5.41, 5.74) is 1.25. The number of furan rings is 1. The van der Waals surface area contributed by atoms with Crippen molar-refractivity contribution in [2.75, 3.05) is 0 Å². The van der Waals surface area contributed by atoms with Crippen molar-refractivity contribution in [1.82, 2.24) is 0 Å². The fourth-order valence-electron chi connectivity index (χ4n) is 3.60. The Morgan fingerprint density at radius 2 is 1.54 bits per heavy atom. The molecule has 2 heterocycles. The number of Topliss-reactive ketones (excluding diaryl/α,β-unsaturated/α-hetero) is 1. The number of carbonyl (C=O) groups is 1. The third-order valence-corrected chi connectivity index (χ3v) is 4.97. The van der Waals surface area contributed by atoms with Gasteiger partial charge in [-0.25, -0.2) is 0 Å². The predicted octanol–water partition coefficient (Wildman–Crippen LogP) is 4.11. The van der Waals surface area contributed by atoms with Crippen LogP contribution in [0.3, 0.4) is 0 Å². The van der Waals surface area contributed by atoms with Crippen LogP contribution in [0.25, 0.3) is 21.9 Å². The summed E-state index contributed by atoms with van der Waals surface area (Å²) < 4.78 is 11.8. The van der Waals surface area contributed by atoms with E-state index in [1.54, 1.807) is 12.1 Å². The van der Waals surface area contributed by atoms with Crippen LogP contribution < -0.4 is 4.74 Å². The number of phenolic OH excluding ortho intramolecular Hbond substituents is 4. The number of rotatable bonds is 1. The van der Waals surface area contributed by atoms with E-state index in [1.165, 1.54) is 30.3 Å². The highest BCUT2D eigenvalue weighted by molar-refractivity contribution is 6.14. The van der Waals surface area contributed by atoms with E-state index >= 15 is 0 Å². The third-order valence-electron chi connectivity index (χ3n) is 4.97. The van der Waals surface area contributed by atoms with Crippen molar-refractivity contribution in [3.63, 3.8) is 0 Å². The molecule has 0 saturated heterocycles. The van der Waals surface area contributed by atoms with Crippen molar-refractivity contribution in [2.24, 2.45) is 0 Å². The summed E-state index contributed by atoms with van der Waals surface area (Å²) in [6, 6.07) is 10.3. The molecule has 1 aliphatic rings. The summed E-state index contributed by atoms with van der Waals surface area (Å²) in [6.45, 7) is 0. The van der Waals surface area contributed by atoms with Crippen molar-refractivity contribution in [3.8, 4) is 28.7 Å². The number of hydrogen-bond acceptors (Lipinski definition) is 7. The van der Waals surface area contributed by atoms with E-state index in [-0.39, 0.29) is 57.7 Å². The maximum atomic E-state index is 12.7. The molecule has 4 N–H and O–H groups in total. The highest BCUT2D eigenvalue weighted by atomic mass is 16.5. The first-order valence-corrected chi connectivity index (χ1v) is 8.55. The monoisotopic (exact) mass is 378 g/mol. The summed E-state index contributed by atoms with van der Waals surface area (Å²) in [5, 5.41) is 40.3. The highest BCUT2D eigenvalue weighted by Crippen LogP contribution is 2.48. The van der Waals surface area contributed by atoms with Gasteiger partial charge in [0.2, 0.25) is 0 Å². The average Bonchev–Trinajstić information content (AvgIpc) is 3.00. The Balaban J connectivity index is 1.74. The molecule has 4 aromatic rings. The summed E-state index contributed by atoms with van der Waals surface area (Å²) in [7, 11) is 0. The van der Waals surface area contributed by atoms with Gasteiger partial charge in [-0.15, -0.1) is 0 Å². The second-order valence-electron chi connectivity index (χ2n) is 6.74. The molecule has 28 heavy (non-hydrogen) atoms. The van der Waals surface area contributed by atoms with E-state index in [9.17, 15) is 25.2 Å². The van der Waals surface area contributed by atoms with Gasteiger partial charge >= 0.3 is 0 Å². The lowest BCUT2D eigenvalue weighted by Crippen LogP contribution is -2.20. The molecule has 0 aliphatic carbocycles. The molecule has 3 aromatic carbocycles. The van der Waals surface area contributed by atoms with Gasteiger partial charge in [-0.3, -0.25) is 4.79 Å². The molecular weight excluding hydrogens is 364 g/mol. The molecule has 1 aromatic heterocycles. The third kappa shape index (κ3) is 2.26. The van der Waals surface area contributed by atoms with Gasteiger partial charge < -0.3 is 29.6 Å². The molecule has 0 saturated carbocycles. The second-order valence-corrected chi connectivity index (χ2v) is 6.74. The molecule has 5 rings (SSSR count). The van der Waals surface area contributed by atoms with Crippen LogP contribution in [0.1, 0.15) is 28.4 Å². The molecule has 0 radical (unpaired) electrons. The summed E-state index contributed by atoms with van der Waals surface area (Å²) in [6.07, 6.45) is -0.584. The first-order chi connectivity index (χ1) is 13.4. The quantitative estimate of drug-likeness (QED) is 0.368. The Kier molecular flexibility index (Phi) is 3.24. The minimum absolute atomic E-state index is 0.0264. The molecule has 0 unspecified atom stereocenters.